The lowest BCUT2D eigenvalue weighted by Gasteiger charge is -2.17. The smallest absolute Gasteiger partial charge is 0.239 e. The monoisotopic (exact) mass is 330 g/mol. The quantitative estimate of drug-likeness (QED) is 0.716. The molecule has 1 aromatic carbocycles. The van der Waals surface area contributed by atoms with Crippen LogP contribution < -0.4 is 15.4 Å². The van der Waals surface area contributed by atoms with E-state index in [9.17, 15) is 9.59 Å². The van der Waals surface area contributed by atoms with E-state index in [0.29, 0.717) is 19.4 Å². The second-order valence-corrected chi connectivity index (χ2v) is 6.75. The van der Waals surface area contributed by atoms with Gasteiger partial charge in [0.2, 0.25) is 11.8 Å². The van der Waals surface area contributed by atoms with Crippen molar-refractivity contribution in [2.75, 3.05) is 19.7 Å². The molecule has 5 nitrogen and oxygen atoms in total. The molecule has 2 N–H and O–H groups in total. The fourth-order valence-electron chi connectivity index (χ4n) is 2.01. The highest BCUT2D eigenvalue weighted by molar-refractivity contribution is 5.84. The Balaban J connectivity index is 2.23. The minimum absolute atomic E-state index is 0.00772. The lowest BCUT2D eigenvalue weighted by molar-refractivity contribution is -0.127. The van der Waals surface area contributed by atoms with Crippen LogP contribution >= 0.6 is 0 Å². The summed E-state index contributed by atoms with van der Waals surface area (Å²) in [4.78, 5) is 23.4. The first-order valence-electron chi connectivity index (χ1n) is 7.99. The Morgan fingerprint density at radius 2 is 1.79 bits per heavy atom. The van der Waals surface area contributed by atoms with Crippen molar-refractivity contribution in [2.45, 2.75) is 33.6 Å². The molecule has 0 radical (unpaired) electrons. The van der Waals surface area contributed by atoms with Gasteiger partial charge in [0.15, 0.2) is 0 Å². The zero-order valence-corrected chi connectivity index (χ0v) is 14.6. The van der Waals surface area contributed by atoms with E-state index in [-0.39, 0.29) is 30.4 Å². The van der Waals surface area contributed by atoms with Crippen LogP contribution in [0.2, 0.25) is 0 Å². The van der Waals surface area contributed by atoms with E-state index in [2.05, 4.69) is 16.6 Å². The Bertz CT molecular complexity index is 580. The first kappa shape index (κ1) is 19.6. The second kappa shape index (κ2) is 9.61. The average Bonchev–Trinajstić information content (AvgIpc) is 2.50. The highest BCUT2D eigenvalue weighted by Crippen LogP contribution is 2.17. The fraction of sp³-hybridized carbons (Fsp3) is 0.474. The van der Waals surface area contributed by atoms with E-state index < -0.39 is 0 Å². The van der Waals surface area contributed by atoms with Crippen LogP contribution in [-0.2, 0) is 16.0 Å². The van der Waals surface area contributed by atoms with Crippen LogP contribution in [0.15, 0.2) is 24.3 Å². The molecule has 1 rings (SSSR count). The molecule has 130 valence electrons. The summed E-state index contributed by atoms with van der Waals surface area (Å²) in [5, 5.41) is 5.42. The Hall–Kier alpha value is -2.48. The molecule has 0 heterocycles. The number of ether oxygens (including phenoxy) is 1. The van der Waals surface area contributed by atoms with Crippen LogP contribution in [-0.4, -0.2) is 31.5 Å². The molecule has 0 spiro atoms. The van der Waals surface area contributed by atoms with Gasteiger partial charge < -0.3 is 15.4 Å². The summed E-state index contributed by atoms with van der Waals surface area (Å²) in [6.45, 7) is 6.71. The largest absolute Gasteiger partial charge is 0.481 e. The van der Waals surface area contributed by atoms with Gasteiger partial charge in [-0.05, 0) is 29.5 Å². The molecule has 0 aliphatic carbocycles. The van der Waals surface area contributed by atoms with Gasteiger partial charge >= 0.3 is 0 Å². The fourth-order valence-corrected chi connectivity index (χ4v) is 2.01. The summed E-state index contributed by atoms with van der Waals surface area (Å²) in [5.41, 5.74) is 0.997. The van der Waals surface area contributed by atoms with Crippen LogP contribution in [0.5, 0.6) is 5.75 Å². The number of hydrogen-bond donors (Lipinski definition) is 2. The van der Waals surface area contributed by atoms with E-state index in [4.69, 9.17) is 11.2 Å². The molecule has 0 fully saturated rings. The van der Waals surface area contributed by atoms with E-state index in [1.54, 1.807) is 0 Å². The Labute approximate surface area is 144 Å². The minimum atomic E-state index is -0.189. The molecule has 0 aromatic heterocycles. The first-order chi connectivity index (χ1) is 11.3. The zero-order valence-electron chi connectivity index (χ0n) is 14.6. The van der Waals surface area contributed by atoms with Gasteiger partial charge in [-0.3, -0.25) is 9.59 Å². The number of nitrogens with one attached hydrogen (secondary N) is 2. The Morgan fingerprint density at radius 3 is 2.38 bits per heavy atom. The van der Waals surface area contributed by atoms with Crippen LogP contribution in [0.1, 0.15) is 32.8 Å². The number of rotatable bonds is 8. The van der Waals surface area contributed by atoms with Gasteiger partial charge in [-0.25, -0.2) is 0 Å². The van der Waals surface area contributed by atoms with Gasteiger partial charge in [0.25, 0.3) is 0 Å². The minimum Gasteiger partial charge on any atom is -0.481 e. The molecule has 0 saturated heterocycles. The average molecular weight is 330 g/mol. The zero-order chi connectivity index (χ0) is 18.0. The molecule has 0 bridgehead atoms. The Kier molecular flexibility index (Phi) is 7.84. The van der Waals surface area contributed by atoms with Crippen LogP contribution in [0.3, 0.4) is 0 Å². The summed E-state index contributed by atoms with van der Waals surface area (Å²) in [5.74, 6) is 2.83. The lowest BCUT2D eigenvalue weighted by atomic mass is 9.92. The number of terminal acetylenes is 1. The molecule has 5 heteroatoms. The third-order valence-electron chi connectivity index (χ3n) is 3.12. The molecular formula is C19H26N2O3. The highest BCUT2D eigenvalue weighted by Gasteiger charge is 2.16. The number of amides is 2. The van der Waals surface area contributed by atoms with Crippen molar-refractivity contribution in [1.29, 1.82) is 0 Å². The van der Waals surface area contributed by atoms with Crippen molar-refractivity contribution in [3.8, 4) is 18.1 Å². The number of benzene rings is 1. The van der Waals surface area contributed by atoms with Gasteiger partial charge in [0.1, 0.15) is 12.4 Å². The molecule has 0 aliphatic rings. The molecule has 0 atom stereocenters. The lowest BCUT2D eigenvalue weighted by Crippen LogP contribution is -2.38. The third-order valence-corrected chi connectivity index (χ3v) is 3.12. The van der Waals surface area contributed by atoms with Crippen LogP contribution in [0.4, 0.5) is 0 Å². The van der Waals surface area contributed by atoms with E-state index >= 15 is 0 Å². The maximum absolute atomic E-state index is 11.7. The first-order valence-corrected chi connectivity index (χ1v) is 7.99. The SMILES string of the molecule is C#CCOc1ccc(CCNC(=O)CNC(=O)CC(C)(C)C)cc1. The normalized spacial score (nSPS) is 10.6. The summed E-state index contributed by atoms with van der Waals surface area (Å²) in [6.07, 6.45) is 6.23. The predicted molar refractivity (Wildman–Crippen MR) is 94.6 cm³/mol. The molecular weight excluding hydrogens is 304 g/mol. The van der Waals surface area contributed by atoms with Gasteiger partial charge in [0.05, 0.1) is 6.54 Å². The van der Waals surface area contributed by atoms with Crippen molar-refractivity contribution in [1.82, 2.24) is 10.6 Å². The molecule has 24 heavy (non-hydrogen) atoms. The highest BCUT2D eigenvalue weighted by atomic mass is 16.5. The topological polar surface area (TPSA) is 67.4 Å². The van der Waals surface area contributed by atoms with Gasteiger partial charge in [-0.15, -0.1) is 6.42 Å². The van der Waals surface area contributed by atoms with Crippen molar-refractivity contribution < 1.29 is 14.3 Å². The maximum Gasteiger partial charge on any atom is 0.239 e. The summed E-state index contributed by atoms with van der Waals surface area (Å²) >= 11 is 0. The molecule has 0 saturated carbocycles. The predicted octanol–water partition coefficient (Wildman–Crippen LogP) is 1.91. The van der Waals surface area contributed by atoms with Crippen LogP contribution in [0, 0.1) is 17.8 Å². The molecule has 0 unspecified atom stereocenters. The number of carbonyl (C=O) groups excluding carboxylic acids is 2. The standard InChI is InChI=1S/C19H26N2O3/c1-5-12-24-16-8-6-15(7-9-16)10-11-20-18(23)14-21-17(22)13-19(2,3)4/h1,6-9H,10-14H2,2-4H3,(H,20,23)(H,21,22). The van der Waals surface area contributed by atoms with Crippen molar-refractivity contribution >= 4 is 11.8 Å². The molecule has 0 aliphatic heterocycles. The van der Waals surface area contributed by atoms with E-state index in [1.807, 2.05) is 45.0 Å². The van der Waals surface area contributed by atoms with Crippen LogP contribution in [0.25, 0.3) is 0 Å². The summed E-state index contributed by atoms with van der Waals surface area (Å²) in [6, 6.07) is 7.56. The maximum atomic E-state index is 11.7. The van der Waals surface area contributed by atoms with Crippen molar-refractivity contribution in [2.24, 2.45) is 5.41 Å². The summed E-state index contributed by atoms with van der Waals surface area (Å²) < 4.78 is 5.30. The van der Waals surface area contributed by atoms with E-state index in [1.165, 1.54) is 0 Å². The van der Waals surface area contributed by atoms with Crippen molar-refractivity contribution in [3.63, 3.8) is 0 Å². The number of hydrogen-bond acceptors (Lipinski definition) is 3. The Morgan fingerprint density at radius 1 is 1.12 bits per heavy atom. The molecule has 2 amide bonds. The van der Waals surface area contributed by atoms with Gasteiger partial charge in [0, 0.05) is 13.0 Å². The van der Waals surface area contributed by atoms with Gasteiger partial charge in [-0.1, -0.05) is 38.8 Å². The van der Waals surface area contributed by atoms with Crippen molar-refractivity contribution in [3.05, 3.63) is 29.8 Å². The molecule has 1 aromatic rings. The number of carbonyl (C=O) groups is 2. The second-order valence-electron chi connectivity index (χ2n) is 6.75. The van der Waals surface area contributed by atoms with Gasteiger partial charge in [-0.2, -0.15) is 0 Å². The third kappa shape index (κ3) is 8.84. The van der Waals surface area contributed by atoms with E-state index in [0.717, 1.165) is 11.3 Å². The summed E-state index contributed by atoms with van der Waals surface area (Å²) in [7, 11) is 0.